The van der Waals surface area contributed by atoms with Gasteiger partial charge >= 0.3 is 0 Å². The Kier molecular flexibility index (Phi) is 4.40. The molecule has 0 bridgehead atoms. The second kappa shape index (κ2) is 6.51. The second-order valence-electron chi connectivity index (χ2n) is 6.41. The molecule has 130 valence electrons. The molecular formula is C20H20O5. The summed E-state index contributed by atoms with van der Waals surface area (Å²) in [6.45, 7) is 3.84. The van der Waals surface area contributed by atoms with Crippen molar-refractivity contribution in [1.29, 1.82) is 0 Å². The summed E-state index contributed by atoms with van der Waals surface area (Å²) in [4.78, 5) is 12.6. The first-order chi connectivity index (χ1) is 11.9. The summed E-state index contributed by atoms with van der Waals surface area (Å²) in [5, 5.41) is 30.1. The Morgan fingerprint density at radius 3 is 2.52 bits per heavy atom. The highest BCUT2D eigenvalue weighted by Crippen LogP contribution is 2.44. The van der Waals surface area contributed by atoms with E-state index < -0.39 is 6.10 Å². The third-order valence-electron chi connectivity index (χ3n) is 4.24. The van der Waals surface area contributed by atoms with E-state index in [-0.39, 0.29) is 40.8 Å². The number of carbonyl (C=O) groups is 1. The average molecular weight is 340 g/mol. The molecule has 0 aromatic heterocycles. The second-order valence-corrected chi connectivity index (χ2v) is 6.41. The van der Waals surface area contributed by atoms with E-state index in [1.807, 2.05) is 19.9 Å². The third kappa shape index (κ3) is 3.31. The van der Waals surface area contributed by atoms with Crippen LogP contribution in [0.25, 0.3) is 0 Å². The number of benzene rings is 2. The van der Waals surface area contributed by atoms with Gasteiger partial charge in [-0.1, -0.05) is 23.8 Å². The monoisotopic (exact) mass is 340 g/mol. The van der Waals surface area contributed by atoms with Crippen LogP contribution in [0.2, 0.25) is 0 Å². The smallest absolute Gasteiger partial charge is 0.174 e. The Bertz CT molecular complexity index is 845. The van der Waals surface area contributed by atoms with Gasteiger partial charge in [0.25, 0.3) is 0 Å². The van der Waals surface area contributed by atoms with Crippen LogP contribution >= 0.6 is 0 Å². The van der Waals surface area contributed by atoms with Gasteiger partial charge in [-0.05, 0) is 38.0 Å². The lowest BCUT2D eigenvalue weighted by atomic mass is 9.93. The first kappa shape index (κ1) is 16.9. The maximum absolute atomic E-state index is 12.6. The van der Waals surface area contributed by atoms with Crippen LogP contribution in [0.3, 0.4) is 0 Å². The van der Waals surface area contributed by atoms with Crippen molar-refractivity contribution < 1.29 is 24.9 Å². The first-order valence-corrected chi connectivity index (χ1v) is 8.06. The molecule has 0 saturated carbocycles. The molecule has 0 fully saturated rings. The molecule has 0 amide bonds. The Morgan fingerprint density at radius 2 is 1.88 bits per heavy atom. The summed E-state index contributed by atoms with van der Waals surface area (Å²) in [6, 6.07) is 7.79. The highest BCUT2D eigenvalue weighted by Gasteiger charge is 2.32. The van der Waals surface area contributed by atoms with Crippen LogP contribution in [0.4, 0.5) is 0 Å². The molecule has 0 aliphatic carbocycles. The molecule has 1 heterocycles. The van der Waals surface area contributed by atoms with Crippen LogP contribution in [-0.2, 0) is 6.42 Å². The van der Waals surface area contributed by atoms with Gasteiger partial charge in [-0.15, -0.1) is 0 Å². The molecule has 1 aliphatic heterocycles. The maximum atomic E-state index is 12.6. The highest BCUT2D eigenvalue weighted by molar-refractivity contribution is 6.03. The van der Waals surface area contributed by atoms with Gasteiger partial charge in [0, 0.05) is 11.6 Å². The lowest BCUT2D eigenvalue weighted by Crippen LogP contribution is -2.20. The van der Waals surface area contributed by atoms with E-state index in [0.717, 1.165) is 11.1 Å². The van der Waals surface area contributed by atoms with Gasteiger partial charge < -0.3 is 20.1 Å². The number of ketones is 1. The molecule has 25 heavy (non-hydrogen) atoms. The van der Waals surface area contributed by atoms with Gasteiger partial charge in [0.05, 0.1) is 6.42 Å². The SMILES string of the molecule is CC(C)=CCc1c(O)cc2c(c1O)C(=O)C[C@@H](c1ccc(O)cc1)O2. The fraction of sp³-hybridized carbons (Fsp3) is 0.250. The molecule has 5 nitrogen and oxygen atoms in total. The third-order valence-corrected chi connectivity index (χ3v) is 4.24. The maximum Gasteiger partial charge on any atom is 0.174 e. The number of phenolic OH excluding ortho intramolecular Hbond substituents is 3. The molecule has 3 N–H and O–H groups in total. The summed E-state index contributed by atoms with van der Waals surface area (Å²) in [5.74, 6) is -0.263. The summed E-state index contributed by atoms with van der Waals surface area (Å²) in [5.41, 5.74) is 2.22. The van der Waals surface area contributed by atoms with E-state index in [1.54, 1.807) is 12.1 Å². The lowest BCUT2D eigenvalue weighted by Gasteiger charge is -2.27. The molecular weight excluding hydrogens is 320 g/mol. The van der Waals surface area contributed by atoms with Crippen molar-refractivity contribution in [2.45, 2.75) is 32.8 Å². The van der Waals surface area contributed by atoms with Gasteiger partial charge in [0.15, 0.2) is 5.78 Å². The minimum Gasteiger partial charge on any atom is -0.508 e. The number of hydrogen-bond acceptors (Lipinski definition) is 5. The van der Waals surface area contributed by atoms with E-state index in [1.165, 1.54) is 18.2 Å². The molecule has 1 aliphatic rings. The van der Waals surface area contributed by atoms with E-state index in [2.05, 4.69) is 0 Å². The zero-order valence-corrected chi connectivity index (χ0v) is 14.1. The average Bonchev–Trinajstić information content (AvgIpc) is 2.54. The van der Waals surface area contributed by atoms with Gasteiger partial charge in [-0.3, -0.25) is 4.79 Å². The van der Waals surface area contributed by atoms with Crippen LogP contribution in [0, 0.1) is 0 Å². The topological polar surface area (TPSA) is 87.0 Å². The van der Waals surface area contributed by atoms with Gasteiger partial charge in [-0.25, -0.2) is 0 Å². The van der Waals surface area contributed by atoms with Gasteiger partial charge in [0.2, 0.25) is 0 Å². The van der Waals surface area contributed by atoms with Crippen LogP contribution in [0.15, 0.2) is 42.0 Å². The van der Waals surface area contributed by atoms with Crippen molar-refractivity contribution in [3.63, 3.8) is 0 Å². The van der Waals surface area contributed by atoms with Crippen LogP contribution in [0.5, 0.6) is 23.0 Å². The molecule has 0 spiro atoms. The minimum absolute atomic E-state index is 0.0815. The Hall–Kier alpha value is -2.95. The van der Waals surface area contributed by atoms with Crippen molar-refractivity contribution in [2.75, 3.05) is 0 Å². The van der Waals surface area contributed by atoms with E-state index >= 15 is 0 Å². The van der Waals surface area contributed by atoms with Crippen LogP contribution < -0.4 is 4.74 Å². The van der Waals surface area contributed by atoms with E-state index in [9.17, 15) is 20.1 Å². The number of allylic oxidation sites excluding steroid dienone is 2. The summed E-state index contributed by atoms with van der Waals surface area (Å²) < 4.78 is 5.83. The van der Waals surface area contributed by atoms with Crippen LogP contribution in [0.1, 0.15) is 47.9 Å². The zero-order valence-electron chi connectivity index (χ0n) is 14.1. The number of Topliss-reactive ketones (excluding diaryl/α,β-unsaturated/α-hetero) is 1. The summed E-state index contributed by atoms with van der Waals surface area (Å²) >= 11 is 0. The van der Waals surface area contributed by atoms with E-state index in [4.69, 9.17) is 4.74 Å². The fourth-order valence-corrected chi connectivity index (χ4v) is 2.88. The van der Waals surface area contributed by atoms with Crippen molar-refractivity contribution in [2.24, 2.45) is 0 Å². The minimum atomic E-state index is -0.525. The number of hydrogen-bond donors (Lipinski definition) is 3. The fourth-order valence-electron chi connectivity index (χ4n) is 2.88. The molecule has 2 aromatic rings. The molecule has 0 radical (unpaired) electrons. The van der Waals surface area contributed by atoms with Crippen molar-refractivity contribution >= 4 is 5.78 Å². The highest BCUT2D eigenvalue weighted by atomic mass is 16.5. The van der Waals surface area contributed by atoms with Crippen molar-refractivity contribution in [1.82, 2.24) is 0 Å². The van der Waals surface area contributed by atoms with Crippen molar-refractivity contribution in [3.8, 4) is 23.0 Å². The van der Waals surface area contributed by atoms with Crippen molar-refractivity contribution in [3.05, 3.63) is 58.7 Å². The Labute approximate surface area is 145 Å². The normalized spacial score (nSPS) is 16.1. The van der Waals surface area contributed by atoms with Gasteiger partial charge in [0.1, 0.15) is 34.7 Å². The van der Waals surface area contributed by atoms with Crippen LogP contribution in [-0.4, -0.2) is 21.1 Å². The zero-order chi connectivity index (χ0) is 18.1. The molecule has 3 rings (SSSR count). The lowest BCUT2D eigenvalue weighted by molar-refractivity contribution is 0.0844. The molecule has 5 heteroatoms. The van der Waals surface area contributed by atoms with E-state index in [0.29, 0.717) is 12.0 Å². The largest absolute Gasteiger partial charge is 0.508 e. The quantitative estimate of drug-likeness (QED) is 0.735. The molecule has 1 atom stereocenters. The number of rotatable bonds is 3. The number of ether oxygens (including phenoxy) is 1. The number of aromatic hydroxyl groups is 3. The van der Waals surface area contributed by atoms with Gasteiger partial charge in [-0.2, -0.15) is 0 Å². The first-order valence-electron chi connectivity index (χ1n) is 8.06. The Morgan fingerprint density at radius 1 is 1.20 bits per heavy atom. The standard InChI is InChI=1S/C20H20O5/c1-11(2)3-8-14-15(22)9-18-19(20(14)24)16(23)10-17(25-18)12-4-6-13(21)7-5-12/h3-7,9,17,21-22,24H,8,10H2,1-2H3/t17-/m0/s1. The molecule has 0 saturated heterocycles. The number of carbonyl (C=O) groups excluding carboxylic acids is 1. The predicted octanol–water partition coefficient (Wildman–Crippen LogP) is 4.02. The number of phenols is 3. The predicted molar refractivity (Wildman–Crippen MR) is 93.3 cm³/mol. The summed E-state index contributed by atoms with van der Waals surface area (Å²) in [6.07, 6.45) is 1.76. The molecule has 2 aromatic carbocycles. The Balaban J connectivity index is 1.98. The molecule has 0 unspecified atom stereocenters. The number of fused-ring (bicyclic) bond motifs is 1. The summed E-state index contributed by atoms with van der Waals surface area (Å²) in [7, 11) is 0.